The molecule has 0 aromatic carbocycles. The fraction of sp³-hybridized carbons (Fsp3) is 0.583. The predicted octanol–water partition coefficient (Wildman–Crippen LogP) is 3.46. The highest BCUT2D eigenvalue weighted by Crippen LogP contribution is 2.21. The van der Waals surface area contributed by atoms with E-state index < -0.39 is 0 Å². The van der Waals surface area contributed by atoms with Crippen LogP contribution in [0.25, 0.3) is 0 Å². The first kappa shape index (κ1) is 12.4. The van der Waals surface area contributed by atoms with Crippen molar-refractivity contribution in [2.75, 3.05) is 6.54 Å². The molecule has 84 valence electrons. The standard InChI is InChI=1S/C12H20N2S/c1-5-13-11(7-6-9(2)3)12-8-15-10(4)14-12/h8,11,13H,2,5-7H2,1,3-4H3. The van der Waals surface area contributed by atoms with E-state index in [1.807, 2.05) is 0 Å². The molecule has 2 nitrogen and oxygen atoms in total. The molecule has 15 heavy (non-hydrogen) atoms. The summed E-state index contributed by atoms with van der Waals surface area (Å²) in [4.78, 5) is 4.53. The van der Waals surface area contributed by atoms with E-state index in [9.17, 15) is 0 Å². The smallest absolute Gasteiger partial charge is 0.0898 e. The molecule has 0 saturated carbocycles. The van der Waals surface area contributed by atoms with Gasteiger partial charge in [-0.3, -0.25) is 0 Å². The Morgan fingerprint density at radius 1 is 1.67 bits per heavy atom. The average Bonchev–Trinajstić information content (AvgIpc) is 2.59. The first-order valence-electron chi connectivity index (χ1n) is 5.43. The van der Waals surface area contributed by atoms with E-state index in [0.29, 0.717) is 6.04 Å². The molecule has 1 heterocycles. The molecule has 0 aliphatic heterocycles. The Hall–Kier alpha value is -0.670. The highest BCUT2D eigenvalue weighted by atomic mass is 32.1. The molecule has 0 saturated heterocycles. The fourth-order valence-corrected chi connectivity index (χ4v) is 2.20. The van der Waals surface area contributed by atoms with E-state index in [1.165, 1.54) is 11.3 Å². The van der Waals surface area contributed by atoms with Crippen molar-refractivity contribution in [3.8, 4) is 0 Å². The Balaban J connectivity index is 2.60. The SMILES string of the molecule is C=C(C)CCC(NCC)c1csc(C)n1. The number of aryl methyl sites for hydroxylation is 1. The molecular weight excluding hydrogens is 204 g/mol. The van der Waals surface area contributed by atoms with Gasteiger partial charge in [0, 0.05) is 5.38 Å². The molecule has 0 amide bonds. The van der Waals surface area contributed by atoms with Crippen LogP contribution >= 0.6 is 11.3 Å². The molecule has 0 bridgehead atoms. The van der Waals surface area contributed by atoms with Crippen molar-refractivity contribution in [3.05, 3.63) is 28.2 Å². The maximum atomic E-state index is 4.53. The van der Waals surface area contributed by atoms with Gasteiger partial charge in [-0.2, -0.15) is 0 Å². The van der Waals surface area contributed by atoms with Gasteiger partial charge in [-0.15, -0.1) is 17.9 Å². The van der Waals surface area contributed by atoms with Crippen molar-refractivity contribution >= 4 is 11.3 Å². The fourth-order valence-electron chi connectivity index (χ4n) is 1.53. The van der Waals surface area contributed by atoms with E-state index in [1.54, 1.807) is 11.3 Å². The zero-order chi connectivity index (χ0) is 11.3. The third-order valence-corrected chi connectivity index (χ3v) is 3.10. The van der Waals surface area contributed by atoms with Crippen molar-refractivity contribution < 1.29 is 0 Å². The molecule has 1 unspecified atom stereocenters. The predicted molar refractivity (Wildman–Crippen MR) is 67.3 cm³/mol. The van der Waals surface area contributed by atoms with Crippen molar-refractivity contribution in [1.29, 1.82) is 0 Å². The Morgan fingerprint density at radius 2 is 2.40 bits per heavy atom. The summed E-state index contributed by atoms with van der Waals surface area (Å²) in [6, 6.07) is 0.386. The third kappa shape index (κ3) is 4.14. The highest BCUT2D eigenvalue weighted by Gasteiger charge is 2.12. The lowest BCUT2D eigenvalue weighted by molar-refractivity contribution is 0.505. The molecule has 1 aromatic rings. The highest BCUT2D eigenvalue weighted by molar-refractivity contribution is 7.09. The largest absolute Gasteiger partial charge is 0.309 e. The van der Waals surface area contributed by atoms with Crippen LogP contribution < -0.4 is 5.32 Å². The van der Waals surface area contributed by atoms with Gasteiger partial charge >= 0.3 is 0 Å². The van der Waals surface area contributed by atoms with Crippen LogP contribution in [0.5, 0.6) is 0 Å². The molecule has 0 fully saturated rings. The van der Waals surface area contributed by atoms with Gasteiger partial charge < -0.3 is 5.32 Å². The molecule has 3 heteroatoms. The zero-order valence-corrected chi connectivity index (χ0v) is 10.7. The Bertz CT molecular complexity index is 317. The lowest BCUT2D eigenvalue weighted by atomic mass is 10.1. The summed E-state index contributed by atoms with van der Waals surface area (Å²) < 4.78 is 0. The monoisotopic (exact) mass is 224 g/mol. The normalized spacial score (nSPS) is 12.7. The summed E-state index contributed by atoms with van der Waals surface area (Å²) in [5.41, 5.74) is 2.42. The van der Waals surface area contributed by atoms with Crippen LogP contribution in [-0.4, -0.2) is 11.5 Å². The number of hydrogen-bond acceptors (Lipinski definition) is 3. The van der Waals surface area contributed by atoms with Gasteiger partial charge in [0.15, 0.2) is 0 Å². The van der Waals surface area contributed by atoms with Gasteiger partial charge in [-0.05, 0) is 33.2 Å². The molecule has 0 aliphatic carbocycles. The third-order valence-electron chi connectivity index (χ3n) is 2.30. The van der Waals surface area contributed by atoms with Crippen molar-refractivity contribution in [2.45, 2.75) is 39.7 Å². The minimum atomic E-state index is 0.386. The van der Waals surface area contributed by atoms with Crippen molar-refractivity contribution in [2.24, 2.45) is 0 Å². The molecule has 1 atom stereocenters. The van der Waals surface area contributed by atoms with Crippen LogP contribution in [0.1, 0.15) is 43.4 Å². The average molecular weight is 224 g/mol. The Kier molecular flexibility index (Phi) is 4.99. The van der Waals surface area contributed by atoms with Crippen LogP contribution in [-0.2, 0) is 0 Å². The lowest BCUT2D eigenvalue weighted by Gasteiger charge is -2.15. The van der Waals surface area contributed by atoms with Crippen LogP contribution in [0.15, 0.2) is 17.5 Å². The zero-order valence-electron chi connectivity index (χ0n) is 9.84. The molecule has 1 aromatic heterocycles. The quantitative estimate of drug-likeness (QED) is 0.749. The summed E-state index contributed by atoms with van der Waals surface area (Å²) in [6.45, 7) is 11.2. The van der Waals surface area contributed by atoms with Crippen LogP contribution in [0.2, 0.25) is 0 Å². The van der Waals surface area contributed by atoms with E-state index >= 15 is 0 Å². The molecule has 1 N–H and O–H groups in total. The summed E-state index contributed by atoms with van der Waals surface area (Å²) >= 11 is 1.72. The number of thiazole rings is 1. The van der Waals surface area contributed by atoms with Gasteiger partial charge in [0.2, 0.25) is 0 Å². The van der Waals surface area contributed by atoms with Crippen molar-refractivity contribution in [1.82, 2.24) is 10.3 Å². The number of nitrogens with one attached hydrogen (secondary N) is 1. The van der Waals surface area contributed by atoms with E-state index in [4.69, 9.17) is 0 Å². The minimum absolute atomic E-state index is 0.386. The summed E-state index contributed by atoms with van der Waals surface area (Å²) in [5.74, 6) is 0. The number of aromatic nitrogens is 1. The van der Waals surface area contributed by atoms with Gasteiger partial charge in [-0.25, -0.2) is 4.98 Å². The molecular formula is C12H20N2S. The molecule has 0 spiro atoms. The molecule has 0 aliphatic rings. The summed E-state index contributed by atoms with van der Waals surface area (Å²) in [5, 5.41) is 6.77. The van der Waals surface area contributed by atoms with Crippen LogP contribution in [0.4, 0.5) is 0 Å². The minimum Gasteiger partial charge on any atom is -0.309 e. The first-order chi connectivity index (χ1) is 7.13. The van der Waals surface area contributed by atoms with Gasteiger partial charge in [0.1, 0.15) is 0 Å². The second kappa shape index (κ2) is 6.03. The summed E-state index contributed by atoms with van der Waals surface area (Å²) in [7, 11) is 0. The first-order valence-corrected chi connectivity index (χ1v) is 6.31. The molecule has 0 radical (unpaired) electrons. The maximum Gasteiger partial charge on any atom is 0.0898 e. The van der Waals surface area contributed by atoms with Crippen LogP contribution in [0.3, 0.4) is 0 Å². The van der Waals surface area contributed by atoms with Crippen molar-refractivity contribution in [3.63, 3.8) is 0 Å². The number of rotatable bonds is 6. The number of nitrogens with zero attached hydrogens (tertiary/aromatic N) is 1. The Labute approximate surface area is 96.4 Å². The number of allylic oxidation sites excluding steroid dienone is 1. The second-order valence-electron chi connectivity index (χ2n) is 3.90. The maximum absolute atomic E-state index is 4.53. The summed E-state index contributed by atoms with van der Waals surface area (Å²) in [6.07, 6.45) is 2.15. The van der Waals surface area contributed by atoms with Gasteiger partial charge in [-0.1, -0.05) is 12.5 Å². The molecule has 1 rings (SSSR count). The topological polar surface area (TPSA) is 24.9 Å². The Morgan fingerprint density at radius 3 is 2.87 bits per heavy atom. The van der Waals surface area contributed by atoms with E-state index in [-0.39, 0.29) is 0 Å². The van der Waals surface area contributed by atoms with Gasteiger partial charge in [0.25, 0.3) is 0 Å². The van der Waals surface area contributed by atoms with E-state index in [0.717, 1.165) is 24.4 Å². The lowest BCUT2D eigenvalue weighted by Crippen LogP contribution is -2.21. The van der Waals surface area contributed by atoms with Crippen LogP contribution in [0, 0.1) is 6.92 Å². The number of hydrogen-bond donors (Lipinski definition) is 1. The van der Waals surface area contributed by atoms with Gasteiger partial charge in [0.05, 0.1) is 16.7 Å². The van der Waals surface area contributed by atoms with E-state index in [2.05, 4.69) is 43.0 Å². The second-order valence-corrected chi connectivity index (χ2v) is 4.96.